The summed E-state index contributed by atoms with van der Waals surface area (Å²) in [7, 11) is 1.61. The second-order valence-electron chi connectivity index (χ2n) is 2.92. The van der Waals surface area contributed by atoms with E-state index < -0.39 is 0 Å². The minimum atomic E-state index is 0.323. The fourth-order valence-electron chi connectivity index (χ4n) is 1.39. The first-order chi connectivity index (χ1) is 6.85. The number of carbonyl (C=O) groups is 1. The number of aldehydes is 1. The highest BCUT2D eigenvalue weighted by atomic mass is 16.5. The number of hydrogen-bond donors (Lipinski definition) is 0. The zero-order valence-corrected chi connectivity index (χ0v) is 7.80. The van der Waals surface area contributed by atoms with Gasteiger partial charge in [-0.1, -0.05) is 0 Å². The van der Waals surface area contributed by atoms with Crippen molar-refractivity contribution in [1.82, 2.24) is 9.55 Å². The summed E-state index contributed by atoms with van der Waals surface area (Å²) >= 11 is 0. The van der Waals surface area contributed by atoms with Crippen molar-refractivity contribution in [3.05, 3.63) is 24.5 Å². The molecule has 0 fully saturated rings. The molecular weight excluding hydrogens is 180 g/mol. The van der Waals surface area contributed by atoms with Crippen LogP contribution in [0.4, 0.5) is 0 Å². The van der Waals surface area contributed by atoms with Crippen molar-refractivity contribution in [2.24, 2.45) is 0 Å². The number of benzene rings is 1. The number of imidazole rings is 1. The third kappa shape index (κ3) is 1.35. The Morgan fingerprint density at radius 2 is 2.43 bits per heavy atom. The Balaban J connectivity index is 2.57. The normalized spacial score (nSPS) is 10.4. The molecule has 0 bridgehead atoms. The molecule has 72 valence electrons. The van der Waals surface area contributed by atoms with Gasteiger partial charge in [0.25, 0.3) is 0 Å². The molecule has 1 heterocycles. The lowest BCUT2D eigenvalue weighted by atomic mass is 10.3. The van der Waals surface area contributed by atoms with E-state index in [1.165, 1.54) is 0 Å². The molecule has 0 aliphatic rings. The highest BCUT2D eigenvalue weighted by molar-refractivity contribution is 5.77. The van der Waals surface area contributed by atoms with Gasteiger partial charge in [0.05, 0.1) is 31.0 Å². The Hall–Kier alpha value is -1.84. The largest absolute Gasteiger partial charge is 0.497 e. The Kier molecular flexibility index (Phi) is 2.18. The van der Waals surface area contributed by atoms with Crippen molar-refractivity contribution >= 4 is 17.3 Å². The summed E-state index contributed by atoms with van der Waals surface area (Å²) in [4.78, 5) is 14.6. The van der Waals surface area contributed by atoms with E-state index in [0.717, 1.165) is 23.1 Å². The van der Waals surface area contributed by atoms with Gasteiger partial charge in [-0.2, -0.15) is 0 Å². The van der Waals surface area contributed by atoms with Crippen molar-refractivity contribution in [1.29, 1.82) is 0 Å². The quantitative estimate of drug-likeness (QED) is 0.684. The highest BCUT2D eigenvalue weighted by Crippen LogP contribution is 2.19. The van der Waals surface area contributed by atoms with Gasteiger partial charge in [0.2, 0.25) is 0 Å². The molecule has 0 saturated heterocycles. The van der Waals surface area contributed by atoms with Crippen molar-refractivity contribution in [3.8, 4) is 5.75 Å². The van der Waals surface area contributed by atoms with Crippen LogP contribution in [-0.2, 0) is 11.3 Å². The van der Waals surface area contributed by atoms with Gasteiger partial charge in [-0.3, -0.25) is 0 Å². The van der Waals surface area contributed by atoms with Gasteiger partial charge >= 0.3 is 0 Å². The highest BCUT2D eigenvalue weighted by Gasteiger charge is 2.02. The summed E-state index contributed by atoms with van der Waals surface area (Å²) in [5.41, 5.74) is 1.78. The number of carbonyl (C=O) groups excluding carboxylic acids is 1. The molecule has 0 amide bonds. The Morgan fingerprint density at radius 3 is 3.14 bits per heavy atom. The van der Waals surface area contributed by atoms with E-state index in [2.05, 4.69) is 4.98 Å². The molecule has 2 rings (SSSR count). The molecule has 1 aromatic heterocycles. The maximum Gasteiger partial charge on any atom is 0.139 e. The van der Waals surface area contributed by atoms with E-state index in [-0.39, 0.29) is 0 Å². The molecule has 0 aliphatic heterocycles. The molecular formula is C10H10N2O2. The van der Waals surface area contributed by atoms with Crippen LogP contribution in [0.3, 0.4) is 0 Å². The number of fused-ring (bicyclic) bond motifs is 1. The van der Waals surface area contributed by atoms with Crippen LogP contribution < -0.4 is 4.74 Å². The number of nitrogens with zero attached hydrogens (tertiary/aromatic N) is 2. The third-order valence-corrected chi connectivity index (χ3v) is 2.10. The first-order valence-electron chi connectivity index (χ1n) is 4.27. The van der Waals surface area contributed by atoms with Gasteiger partial charge in [0, 0.05) is 6.07 Å². The summed E-state index contributed by atoms with van der Waals surface area (Å²) in [5.74, 6) is 0.769. The first kappa shape index (κ1) is 8.74. The smallest absolute Gasteiger partial charge is 0.139 e. The van der Waals surface area contributed by atoms with Gasteiger partial charge in [-0.15, -0.1) is 0 Å². The van der Waals surface area contributed by atoms with Gasteiger partial charge in [-0.05, 0) is 12.1 Å². The van der Waals surface area contributed by atoms with Crippen molar-refractivity contribution < 1.29 is 9.53 Å². The van der Waals surface area contributed by atoms with Crippen LogP contribution >= 0.6 is 0 Å². The fraction of sp³-hybridized carbons (Fsp3) is 0.200. The molecule has 0 aliphatic carbocycles. The second kappa shape index (κ2) is 3.49. The van der Waals surface area contributed by atoms with E-state index in [4.69, 9.17) is 4.74 Å². The second-order valence-corrected chi connectivity index (χ2v) is 2.92. The number of methoxy groups -OCH3 is 1. The third-order valence-electron chi connectivity index (χ3n) is 2.10. The van der Waals surface area contributed by atoms with Gasteiger partial charge < -0.3 is 14.1 Å². The van der Waals surface area contributed by atoms with Crippen molar-refractivity contribution in [3.63, 3.8) is 0 Å². The SMILES string of the molecule is COc1ccc2ncn(CC=O)c2c1. The summed E-state index contributed by atoms with van der Waals surface area (Å²) in [5, 5.41) is 0. The predicted octanol–water partition coefficient (Wildman–Crippen LogP) is 1.24. The Labute approximate surface area is 81.1 Å². The van der Waals surface area contributed by atoms with Gasteiger partial charge in [-0.25, -0.2) is 4.98 Å². The van der Waals surface area contributed by atoms with Crippen LogP contribution in [0.25, 0.3) is 11.0 Å². The fourth-order valence-corrected chi connectivity index (χ4v) is 1.39. The number of rotatable bonds is 3. The monoisotopic (exact) mass is 190 g/mol. The Bertz CT molecular complexity index is 462. The summed E-state index contributed by atoms with van der Waals surface area (Å²) in [6, 6.07) is 5.59. The number of hydrogen-bond acceptors (Lipinski definition) is 3. The average molecular weight is 190 g/mol. The molecule has 0 unspecified atom stereocenters. The van der Waals surface area contributed by atoms with E-state index in [9.17, 15) is 4.79 Å². The van der Waals surface area contributed by atoms with Crippen LogP contribution in [0.5, 0.6) is 5.75 Å². The van der Waals surface area contributed by atoms with Crippen LogP contribution in [0, 0.1) is 0 Å². The zero-order chi connectivity index (χ0) is 9.97. The summed E-state index contributed by atoms with van der Waals surface area (Å²) in [6.07, 6.45) is 2.50. The molecule has 0 atom stereocenters. The zero-order valence-electron chi connectivity index (χ0n) is 7.80. The molecule has 4 nitrogen and oxygen atoms in total. The van der Waals surface area contributed by atoms with E-state index >= 15 is 0 Å². The average Bonchev–Trinajstić information content (AvgIpc) is 2.61. The molecule has 0 N–H and O–H groups in total. The summed E-state index contributed by atoms with van der Waals surface area (Å²) < 4.78 is 6.88. The van der Waals surface area contributed by atoms with E-state index in [0.29, 0.717) is 6.54 Å². The van der Waals surface area contributed by atoms with Gasteiger partial charge in [0.15, 0.2) is 0 Å². The van der Waals surface area contributed by atoms with E-state index in [1.807, 2.05) is 18.2 Å². The Morgan fingerprint density at radius 1 is 1.57 bits per heavy atom. The van der Waals surface area contributed by atoms with Gasteiger partial charge in [0.1, 0.15) is 12.0 Å². The molecule has 1 aromatic carbocycles. The maximum absolute atomic E-state index is 10.4. The molecule has 14 heavy (non-hydrogen) atoms. The van der Waals surface area contributed by atoms with Crippen molar-refractivity contribution in [2.75, 3.05) is 7.11 Å². The first-order valence-corrected chi connectivity index (χ1v) is 4.27. The van der Waals surface area contributed by atoms with Crippen LogP contribution in [-0.4, -0.2) is 22.9 Å². The van der Waals surface area contributed by atoms with Crippen molar-refractivity contribution in [2.45, 2.75) is 6.54 Å². The molecule has 0 saturated carbocycles. The molecule has 0 radical (unpaired) electrons. The summed E-state index contributed by atoms with van der Waals surface area (Å²) in [6.45, 7) is 0.323. The standard InChI is InChI=1S/C10H10N2O2/c1-14-8-2-3-9-10(6-8)12(4-5-13)7-11-9/h2-3,5-7H,4H2,1H3. The lowest BCUT2D eigenvalue weighted by Gasteiger charge is -2.01. The maximum atomic E-state index is 10.4. The lowest BCUT2D eigenvalue weighted by molar-refractivity contribution is -0.108. The molecule has 0 spiro atoms. The van der Waals surface area contributed by atoms with Crippen LogP contribution in [0.15, 0.2) is 24.5 Å². The van der Waals surface area contributed by atoms with Crippen LogP contribution in [0.1, 0.15) is 0 Å². The minimum Gasteiger partial charge on any atom is -0.497 e. The lowest BCUT2D eigenvalue weighted by Crippen LogP contribution is -1.96. The van der Waals surface area contributed by atoms with Crippen LogP contribution in [0.2, 0.25) is 0 Å². The topological polar surface area (TPSA) is 44.1 Å². The minimum absolute atomic E-state index is 0.323. The molecule has 2 aromatic rings. The number of ether oxygens (including phenoxy) is 1. The number of aromatic nitrogens is 2. The predicted molar refractivity (Wildman–Crippen MR) is 52.3 cm³/mol. The molecule has 4 heteroatoms. The van der Waals surface area contributed by atoms with E-state index in [1.54, 1.807) is 18.0 Å².